The van der Waals surface area contributed by atoms with Gasteiger partial charge in [-0.2, -0.15) is 0 Å². The van der Waals surface area contributed by atoms with E-state index in [1.54, 1.807) is 0 Å². The molecule has 96 valence electrons. The normalized spacial score (nSPS) is 12.1. The van der Waals surface area contributed by atoms with Gasteiger partial charge in [-0.25, -0.2) is 17.2 Å². The molecule has 0 heterocycles. The van der Waals surface area contributed by atoms with E-state index in [9.17, 15) is 17.2 Å². The van der Waals surface area contributed by atoms with Crippen LogP contribution in [0.3, 0.4) is 0 Å². The largest absolute Gasteiger partial charge is 0.314 e. The van der Waals surface area contributed by atoms with E-state index in [4.69, 9.17) is 0 Å². The predicted octanol–water partition coefficient (Wildman–Crippen LogP) is 1.74. The third kappa shape index (κ3) is 4.05. The summed E-state index contributed by atoms with van der Waals surface area (Å²) in [6, 6.07) is 2.56. The van der Waals surface area contributed by atoms with Crippen molar-refractivity contribution in [3.63, 3.8) is 0 Å². The minimum absolute atomic E-state index is 0.141. The first-order valence-corrected chi connectivity index (χ1v) is 6.89. The summed E-state index contributed by atoms with van der Waals surface area (Å²) >= 11 is 0. The molecule has 3 nitrogen and oxygen atoms in total. The van der Waals surface area contributed by atoms with E-state index in [1.165, 1.54) is 0 Å². The molecule has 1 N–H and O–H groups in total. The van der Waals surface area contributed by atoms with Crippen molar-refractivity contribution in [2.24, 2.45) is 0 Å². The van der Waals surface area contributed by atoms with Crippen LogP contribution in [0.25, 0.3) is 0 Å². The lowest BCUT2D eigenvalue weighted by Crippen LogP contribution is -2.29. The molecule has 0 atom stereocenters. The van der Waals surface area contributed by atoms with Crippen molar-refractivity contribution in [1.82, 2.24) is 5.32 Å². The topological polar surface area (TPSA) is 46.2 Å². The Balaban J connectivity index is 2.86. The second kappa shape index (κ2) is 5.55. The van der Waals surface area contributed by atoms with Gasteiger partial charge in [0, 0.05) is 12.6 Å². The molecule has 1 rings (SSSR count). The second-order valence-electron chi connectivity index (χ2n) is 4.00. The van der Waals surface area contributed by atoms with Gasteiger partial charge < -0.3 is 5.32 Å². The minimum atomic E-state index is -3.79. The van der Waals surface area contributed by atoms with E-state index in [2.05, 4.69) is 5.32 Å². The molecule has 1 aromatic rings. The van der Waals surface area contributed by atoms with Gasteiger partial charge in [-0.05, 0) is 18.2 Å². The summed E-state index contributed by atoms with van der Waals surface area (Å²) in [5.41, 5.74) is 0. The zero-order valence-electron chi connectivity index (χ0n) is 9.70. The van der Waals surface area contributed by atoms with Gasteiger partial charge in [-0.1, -0.05) is 13.8 Å². The Morgan fingerprint density at radius 3 is 2.53 bits per heavy atom. The van der Waals surface area contributed by atoms with E-state index in [0.717, 1.165) is 12.1 Å². The maximum absolute atomic E-state index is 13.3. The van der Waals surface area contributed by atoms with Crippen molar-refractivity contribution in [2.45, 2.75) is 24.8 Å². The van der Waals surface area contributed by atoms with Crippen molar-refractivity contribution >= 4 is 9.84 Å². The van der Waals surface area contributed by atoms with E-state index < -0.39 is 26.4 Å². The summed E-state index contributed by atoms with van der Waals surface area (Å²) in [6.45, 7) is 3.95. The van der Waals surface area contributed by atoms with Gasteiger partial charge in [0.05, 0.1) is 5.75 Å². The monoisotopic (exact) mass is 263 g/mol. The molecular formula is C11H15F2NO2S. The molecule has 0 spiro atoms. The van der Waals surface area contributed by atoms with Crippen LogP contribution in [-0.2, 0) is 9.84 Å². The number of halogens is 2. The number of hydrogen-bond donors (Lipinski definition) is 1. The van der Waals surface area contributed by atoms with Gasteiger partial charge in [0.1, 0.15) is 16.5 Å². The molecule has 0 saturated heterocycles. The standard InChI is InChI=1S/C11H15F2NO2S/c1-8(2)14-5-6-17(15,16)11-7-9(12)3-4-10(11)13/h3-4,7-8,14H,5-6H2,1-2H3. The molecular weight excluding hydrogens is 248 g/mol. The maximum atomic E-state index is 13.3. The molecule has 0 saturated carbocycles. The third-order valence-electron chi connectivity index (χ3n) is 2.15. The summed E-state index contributed by atoms with van der Waals surface area (Å²) in [5, 5.41) is 2.91. The van der Waals surface area contributed by atoms with Crippen LogP contribution < -0.4 is 5.32 Å². The summed E-state index contributed by atoms with van der Waals surface area (Å²) in [4.78, 5) is -0.581. The summed E-state index contributed by atoms with van der Waals surface area (Å²) in [6.07, 6.45) is 0. The first-order chi connectivity index (χ1) is 7.83. The number of nitrogens with one attached hydrogen (secondary N) is 1. The van der Waals surface area contributed by atoms with Gasteiger partial charge >= 0.3 is 0 Å². The SMILES string of the molecule is CC(C)NCCS(=O)(=O)c1cc(F)ccc1F. The Morgan fingerprint density at radius 1 is 1.29 bits per heavy atom. The Bertz CT molecular complexity index is 486. The zero-order chi connectivity index (χ0) is 13.1. The van der Waals surface area contributed by atoms with Crippen molar-refractivity contribution in [2.75, 3.05) is 12.3 Å². The van der Waals surface area contributed by atoms with E-state index in [1.807, 2.05) is 13.8 Å². The quantitative estimate of drug-likeness (QED) is 0.880. The molecule has 0 aromatic heterocycles. The summed E-state index contributed by atoms with van der Waals surface area (Å²) in [5.74, 6) is -1.94. The van der Waals surface area contributed by atoms with Crippen LogP contribution in [0.4, 0.5) is 8.78 Å². The van der Waals surface area contributed by atoms with Gasteiger partial charge in [0.25, 0.3) is 0 Å². The minimum Gasteiger partial charge on any atom is -0.314 e. The second-order valence-corrected chi connectivity index (χ2v) is 6.08. The highest BCUT2D eigenvalue weighted by Gasteiger charge is 2.19. The molecule has 0 amide bonds. The van der Waals surface area contributed by atoms with Crippen LogP contribution in [-0.4, -0.2) is 26.8 Å². The molecule has 1 aromatic carbocycles. The van der Waals surface area contributed by atoms with Crippen molar-refractivity contribution < 1.29 is 17.2 Å². The number of benzene rings is 1. The molecule has 0 aliphatic heterocycles. The van der Waals surface area contributed by atoms with Crippen molar-refractivity contribution in [3.8, 4) is 0 Å². The van der Waals surface area contributed by atoms with Crippen LogP contribution in [0.1, 0.15) is 13.8 Å². The van der Waals surface area contributed by atoms with Gasteiger partial charge in [0.2, 0.25) is 0 Å². The number of rotatable bonds is 5. The van der Waals surface area contributed by atoms with E-state index >= 15 is 0 Å². The average molecular weight is 263 g/mol. The Hall–Kier alpha value is -1.01. The third-order valence-corrected chi connectivity index (χ3v) is 3.88. The Labute approximate surface area is 99.8 Å². The van der Waals surface area contributed by atoms with Crippen LogP contribution >= 0.6 is 0 Å². The van der Waals surface area contributed by atoms with Crippen LogP contribution in [0, 0.1) is 11.6 Å². The highest BCUT2D eigenvalue weighted by molar-refractivity contribution is 7.91. The molecule has 0 aliphatic rings. The van der Waals surface area contributed by atoms with Crippen molar-refractivity contribution in [3.05, 3.63) is 29.8 Å². The van der Waals surface area contributed by atoms with Gasteiger partial charge in [-0.3, -0.25) is 0 Å². The van der Waals surface area contributed by atoms with E-state index in [0.29, 0.717) is 6.07 Å². The molecule has 0 aliphatic carbocycles. The molecule has 0 unspecified atom stereocenters. The average Bonchev–Trinajstić information content (AvgIpc) is 2.20. The lowest BCUT2D eigenvalue weighted by molar-refractivity contribution is 0.548. The summed E-state index contributed by atoms with van der Waals surface area (Å²) in [7, 11) is -3.79. The van der Waals surface area contributed by atoms with Crippen LogP contribution in [0.15, 0.2) is 23.1 Å². The highest BCUT2D eigenvalue weighted by atomic mass is 32.2. The zero-order valence-corrected chi connectivity index (χ0v) is 10.5. The molecule has 6 heteroatoms. The fourth-order valence-corrected chi connectivity index (χ4v) is 2.57. The Morgan fingerprint density at radius 2 is 1.94 bits per heavy atom. The summed E-state index contributed by atoms with van der Waals surface area (Å²) < 4.78 is 49.6. The molecule has 17 heavy (non-hydrogen) atoms. The first-order valence-electron chi connectivity index (χ1n) is 5.24. The van der Waals surface area contributed by atoms with Crippen LogP contribution in [0.2, 0.25) is 0 Å². The lowest BCUT2D eigenvalue weighted by atomic mass is 10.3. The molecule has 0 bridgehead atoms. The van der Waals surface area contributed by atoms with Gasteiger partial charge in [-0.15, -0.1) is 0 Å². The fourth-order valence-electron chi connectivity index (χ4n) is 1.31. The van der Waals surface area contributed by atoms with Gasteiger partial charge in [0.15, 0.2) is 9.84 Å². The smallest absolute Gasteiger partial charge is 0.182 e. The Kier molecular flexibility index (Phi) is 4.59. The highest BCUT2D eigenvalue weighted by Crippen LogP contribution is 2.16. The van der Waals surface area contributed by atoms with Crippen molar-refractivity contribution in [1.29, 1.82) is 0 Å². The first kappa shape index (κ1) is 14.1. The molecule has 0 fully saturated rings. The maximum Gasteiger partial charge on any atom is 0.182 e. The lowest BCUT2D eigenvalue weighted by Gasteiger charge is -2.09. The predicted molar refractivity (Wildman–Crippen MR) is 61.5 cm³/mol. The molecule has 0 radical (unpaired) electrons. The van der Waals surface area contributed by atoms with E-state index in [-0.39, 0.29) is 18.3 Å². The number of hydrogen-bond acceptors (Lipinski definition) is 3. The van der Waals surface area contributed by atoms with Crippen LogP contribution in [0.5, 0.6) is 0 Å². The number of sulfone groups is 1. The fraction of sp³-hybridized carbons (Fsp3) is 0.455.